The number of benzene rings is 1. The highest BCUT2D eigenvalue weighted by atomic mass is 16.5. The van der Waals surface area contributed by atoms with E-state index in [2.05, 4.69) is 12.2 Å². The molecule has 1 heterocycles. The maximum atomic E-state index is 10.9. The van der Waals surface area contributed by atoms with E-state index in [1.54, 1.807) is 12.1 Å². The average Bonchev–Trinajstić information content (AvgIpc) is 2.28. The van der Waals surface area contributed by atoms with Crippen molar-refractivity contribution in [1.29, 1.82) is 0 Å². The van der Waals surface area contributed by atoms with Gasteiger partial charge in [-0.3, -0.25) is 0 Å². The largest absolute Gasteiger partial charge is 0.478 e. The van der Waals surface area contributed by atoms with Crippen molar-refractivity contribution in [3.05, 3.63) is 23.8 Å². The highest BCUT2D eigenvalue weighted by Crippen LogP contribution is 2.27. The number of nitrogen functional groups attached to an aromatic ring is 1. The normalized spacial score (nSPS) is 18.3. The van der Waals surface area contributed by atoms with E-state index in [0.29, 0.717) is 0 Å². The van der Waals surface area contributed by atoms with Crippen molar-refractivity contribution in [3.8, 4) is 0 Å². The van der Waals surface area contributed by atoms with Crippen LogP contribution in [0, 0.1) is 0 Å². The summed E-state index contributed by atoms with van der Waals surface area (Å²) < 4.78 is 5.33. The first kappa shape index (κ1) is 12.7. The Labute approximate surface area is 106 Å². The Morgan fingerprint density at radius 1 is 1.44 bits per heavy atom. The Balaban J connectivity index is 2.14. The van der Waals surface area contributed by atoms with Crippen LogP contribution in [0.4, 0.5) is 11.4 Å². The topological polar surface area (TPSA) is 84.6 Å². The van der Waals surface area contributed by atoms with Gasteiger partial charge in [-0.05, 0) is 38.0 Å². The molecule has 0 unspecified atom stereocenters. The zero-order chi connectivity index (χ0) is 13.2. The summed E-state index contributed by atoms with van der Waals surface area (Å²) in [6.07, 6.45) is 1.85. The van der Waals surface area contributed by atoms with Gasteiger partial charge in [0.15, 0.2) is 0 Å². The minimum Gasteiger partial charge on any atom is -0.478 e. The van der Waals surface area contributed by atoms with Crippen molar-refractivity contribution >= 4 is 17.3 Å². The van der Waals surface area contributed by atoms with Crippen molar-refractivity contribution < 1.29 is 14.6 Å². The van der Waals surface area contributed by atoms with E-state index < -0.39 is 5.97 Å². The van der Waals surface area contributed by atoms with Crippen LogP contribution in [0.25, 0.3) is 0 Å². The lowest BCUT2D eigenvalue weighted by Gasteiger charge is -2.35. The summed E-state index contributed by atoms with van der Waals surface area (Å²) in [4.78, 5) is 10.9. The van der Waals surface area contributed by atoms with Gasteiger partial charge in [0.2, 0.25) is 0 Å². The smallest absolute Gasteiger partial charge is 0.337 e. The van der Waals surface area contributed by atoms with E-state index in [1.165, 1.54) is 6.07 Å². The summed E-state index contributed by atoms with van der Waals surface area (Å²) in [6.45, 7) is 3.62. The van der Waals surface area contributed by atoms with Crippen molar-refractivity contribution in [1.82, 2.24) is 0 Å². The lowest BCUT2D eigenvalue weighted by molar-refractivity contribution is 0.0658. The first-order valence-corrected chi connectivity index (χ1v) is 5.99. The second kappa shape index (κ2) is 4.86. The fraction of sp³-hybridized carbons (Fsp3) is 0.462. The van der Waals surface area contributed by atoms with Gasteiger partial charge in [0, 0.05) is 30.1 Å². The minimum atomic E-state index is -1.00. The van der Waals surface area contributed by atoms with Gasteiger partial charge >= 0.3 is 5.97 Å². The second-order valence-corrected chi connectivity index (χ2v) is 4.91. The Morgan fingerprint density at radius 2 is 2.11 bits per heavy atom. The maximum Gasteiger partial charge on any atom is 0.337 e. The molecule has 0 aromatic heterocycles. The standard InChI is InChI=1S/C13H18N2O3/c1-13(4-6-18-7-5-13)15-9-2-3-10(12(16)17)11(14)8-9/h2-3,8,15H,4-7,14H2,1H3,(H,16,17). The molecule has 5 nitrogen and oxygen atoms in total. The molecule has 1 saturated heterocycles. The van der Waals surface area contributed by atoms with Gasteiger partial charge in [0.1, 0.15) is 0 Å². The molecule has 0 bridgehead atoms. The molecule has 2 rings (SSSR count). The second-order valence-electron chi connectivity index (χ2n) is 4.91. The summed E-state index contributed by atoms with van der Waals surface area (Å²) in [7, 11) is 0. The molecule has 0 saturated carbocycles. The molecule has 0 aliphatic carbocycles. The molecule has 0 radical (unpaired) electrons. The Bertz CT molecular complexity index is 454. The summed E-state index contributed by atoms with van der Waals surface area (Å²) in [5.41, 5.74) is 6.97. The van der Waals surface area contributed by atoms with Crippen LogP contribution in [0.1, 0.15) is 30.1 Å². The summed E-state index contributed by atoms with van der Waals surface area (Å²) in [5.74, 6) is -1.00. The average molecular weight is 250 g/mol. The molecular formula is C13H18N2O3. The third-order valence-corrected chi connectivity index (χ3v) is 3.32. The van der Waals surface area contributed by atoms with Crippen LogP contribution in [0.15, 0.2) is 18.2 Å². The third-order valence-electron chi connectivity index (χ3n) is 3.32. The monoisotopic (exact) mass is 250 g/mol. The lowest BCUT2D eigenvalue weighted by Crippen LogP contribution is -2.40. The van der Waals surface area contributed by atoms with E-state index in [-0.39, 0.29) is 16.8 Å². The van der Waals surface area contributed by atoms with Crippen LogP contribution >= 0.6 is 0 Å². The Morgan fingerprint density at radius 3 is 2.67 bits per heavy atom. The molecule has 5 heteroatoms. The number of carboxylic acids is 1. The highest BCUT2D eigenvalue weighted by Gasteiger charge is 2.27. The number of anilines is 2. The molecule has 1 aromatic carbocycles. The van der Waals surface area contributed by atoms with Crippen molar-refractivity contribution in [2.24, 2.45) is 0 Å². The molecular weight excluding hydrogens is 232 g/mol. The van der Waals surface area contributed by atoms with Gasteiger partial charge in [-0.2, -0.15) is 0 Å². The maximum absolute atomic E-state index is 10.9. The molecule has 0 spiro atoms. The zero-order valence-electron chi connectivity index (χ0n) is 10.4. The summed E-state index contributed by atoms with van der Waals surface area (Å²) in [6, 6.07) is 4.95. The van der Waals surface area contributed by atoms with E-state index >= 15 is 0 Å². The van der Waals surface area contributed by atoms with Crippen LogP contribution in [0.5, 0.6) is 0 Å². The lowest BCUT2D eigenvalue weighted by atomic mass is 9.92. The minimum absolute atomic E-state index is 0.0184. The zero-order valence-corrected chi connectivity index (χ0v) is 10.4. The number of nitrogens with two attached hydrogens (primary N) is 1. The Kier molecular flexibility index (Phi) is 3.43. The number of carbonyl (C=O) groups is 1. The number of aromatic carboxylic acids is 1. The molecule has 0 atom stereocenters. The third kappa shape index (κ3) is 2.73. The SMILES string of the molecule is CC1(Nc2ccc(C(=O)O)c(N)c2)CCOCC1. The molecule has 98 valence electrons. The molecule has 1 aliphatic heterocycles. The van der Waals surface area contributed by atoms with Crippen LogP contribution in [0.3, 0.4) is 0 Å². The van der Waals surface area contributed by atoms with E-state index in [0.717, 1.165) is 31.7 Å². The van der Waals surface area contributed by atoms with Crippen LogP contribution in [0.2, 0.25) is 0 Å². The number of rotatable bonds is 3. The highest BCUT2D eigenvalue weighted by molar-refractivity contribution is 5.94. The van der Waals surface area contributed by atoms with Crippen LogP contribution < -0.4 is 11.1 Å². The van der Waals surface area contributed by atoms with Gasteiger partial charge in [0.25, 0.3) is 0 Å². The number of ether oxygens (including phenoxy) is 1. The van der Waals surface area contributed by atoms with Crippen molar-refractivity contribution in [2.45, 2.75) is 25.3 Å². The van der Waals surface area contributed by atoms with Gasteiger partial charge in [-0.15, -0.1) is 0 Å². The predicted octanol–water partition coefficient (Wildman–Crippen LogP) is 1.95. The van der Waals surface area contributed by atoms with Gasteiger partial charge in [-0.1, -0.05) is 0 Å². The van der Waals surface area contributed by atoms with Crippen molar-refractivity contribution in [3.63, 3.8) is 0 Å². The first-order chi connectivity index (χ1) is 8.50. The molecule has 0 amide bonds. The van der Waals surface area contributed by atoms with Crippen molar-refractivity contribution in [2.75, 3.05) is 24.3 Å². The van der Waals surface area contributed by atoms with E-state index in [1.807, 2.05) is 0 Å². The molecule has 18 heavy (non-hydrogen) atoms. The molecule has 4 N–H and O–H groups in total. The van der Waals surface area contributed by atoms with Crippen LogP contribution in [-0.4, -0.2) is 29.8 Å². The predicted molar refractivity (Wildman–Crippen MR) is 69.9 cm³/mol. The van der Waals surface area contributed by atoms with E-state index in [9.17, 15) is 4.79 Å². The number of nitrogens with one attached hydrogen (secondary N) is 1. The Hall–Kier alpha value is -1.75. The van der Waals surface area contributed by atoms with Crippen LogP contribution in [-0.2, 0) is 4.74 Å². The van der Waals surface area contributed by atoms with Gasteiger partial charge < -0.3 is 20.9 Å². The summed E-state index contributed by atoms with van der Waals surface area (Å²) in [5, 5.41) is 12.3. The fourth-order valence-electron chi connectivity index (χ4n) is 2.13. The summed E-state index contributed by atoms with van der Waals surface area (Å²) >= 11 is 0. The van der Waals surface area contributed by atoms with Gasteiger partial charge in [-0.25, -0.2) is 4.79 Å². The fourth-order valence-corrected chi connectivity index (χ4v) is 2.13. The number of hydrogen-bond acceptors (Lipinski definition) is 4. The molecule has 1 fully saturated rings. The molecule has 1 aromatic rings. The molecule has 1 aliphatic rings. The van der Waals surface area contributed by atoms with Gasteiger partial charge in [0.05, 0.1) is 5.56 Å². The number of hydrogen-bond donors (Lipinski definition) is 3. The quantitative estimate of drug-likeness (QED) is 0.714. The van der Waals surface area contributed by atoms with E-state index in [4.69, 9.17) is 15.6 Å². The first-order valence-electron chi connectivity index (χ1n) is 5.99. The number of carboxylic acid groups (broad SMARTS) is 1.